The van der Waals surface area contributed by atoms with Gasteiger partial charge >= 0.3 is 0 Å². The van der Waals surface area contributed by atoms with Crippen LogP contribution < -0.4 is 11.0 Å². The van der Waals surface area contributed by atoms with Crippen molar-refractivity contribution in [1.82, 2.24) is 4.98 Å². The highest BCUT2D eigenvalue weighted by molar-refractivity contribution is 9.11. The molecule has 0 spiro atoms. The number of aromatic amines is 1. The molecule has 0 amide bonds. The fourth-order valence-electron chi connectivity index (χ4n) is 1.39. The molecule has 0 aliphatic heterocycles. The fourth-order valence-corrected chi connectivity index (χ4v) is 2.79. The zero-order chi connectivity index (χ0) is 11.9. The number of H-pyrrole nitrogens is 1. The number of nitrogens with one attached hydrogen (secondary N) is 1. The van der Waals surface area contributed by atoms with Crippen molar-refractivity contribution in [1.29, 1.82) is 0 Å². The zero-order valence-electron chi connectivity index (χ0n) is 7.75. The maximum atomic E-state index is 11.8. The summed E-state index contributed by atoms with van der Waals surface area (Å²) in [7, 11) is 0. The second kappa shape index (κ2) is 4.03. The van der Waals surface area contributed by atoms with E-state index >= 15 is 0 Å². The third-order valence-electron chi connectivity index (χ3n) is 2.04. The van der Waals surface area contributed by atoms with E-state index in [2.05, 4.69) is 36.8 Å². The number of aromatic hydroxyl groups is 1. The second-order valence-corrected chi connectivity index (χ2v) is 4.93. The van der Waals surface area contributed by atoms with Gasteiger partial charge in [-0.25, -0.2) is 0 Å². The molecule has 0 saturated heterocycles. The first kappa shape index (κ1) is 11.3. The molecule has 0 bridgehead atoms. The quantitative estimate of drug-likeness (QED) is 0.767. The minimum atomic E-state index is -0.590. The third kappa shape index (κ3) is 1.90. The Morgan fingerprint density at radius 3 is 2.50 bits per heavy atom. The van der Waals surface area contributed by atoms with Gasteiger partial charge in [-0.05, 0) is 28.1 Å². The van der Waals surface area contributed by atoms with E-state index in [9.17, 15) is 14.7 Å². The molecule has 1 heterocycles. The molecule has 0 atom stereocenters. The average Bonchev–Trinajstić information content (AvgIpc) is 2.24. The van der Waals surface area contributed by atoms with Crippen molar-refractivity contribution in [2.45, 2.75) is 0 Å². The van der Waals surface area contributed by atoms with Gasteiger partial charge in [-0.2, -0.15) is 0 Å². The van der Waals surface area contributed by atoms with E-state index < -0.39 is 16.7 Å². The van der Waals surface area contributed by atoms with E-state index in [0.29, 0.717) is 14.5 Å². The summed E-state index contributed by atoms with van der Waals surface area (Å²) in [5.74, 6) is -0.570. The van der Waals surface area contributed by atoms with Crippen molar-refractivity contribution in [2.24, 2.45) is 0 Å². The van der Waals surface area contributed by atoms with Crippen LogP contribution in [0, 0.1) is 0 Å². The highest BCUT2D eigenvalue weighted by Crippen LogP contribution is 2.24. The largest absolute Gasteiger partial charge is 0.504 e. The Hall–Kier alpha value is -1.14. The van der Waals surface area contributed by atoms with Crippen LogP contribution >= 0.6 is 31.9 Å². The summed E-state index contributed by atoms with van der Waals surface area (Å²) in [5.41, 5.74) is -0.765. The topological polar surface area (TPSA) is 70.2 Å². The van der Waals surface area contributed by atoms with E-state index in [0.717, 1.165) is 6.07 Å². The van der Waals surface area contributed by atoms with Crippen LogP contribution in [0.3, 0.4) is 0 Å². The monoisotopic (exact) mass is 345 g/mol. The van der Waals surface area contributed by atoms with Crippen LogP contribution in [-0.2, 0) is 0 Å². The Morgan fingerprint density at radius 1 is 1.12 bits per heavy atom. The van der Waals surface area contributed by atoms with E-state index in [1.54, 1.807) is 12.1 Å². The number of hydrogen-bond donors (Lipinski definition) is 2. The number of hydrogen-bond acceptors (Lipinski definition) is 3. The molecule has 6 heteroatoms. The number of benzene rings is 1. The summed E-state index contributed by atoms with van der Waals surface area (Å²) < 4.78 is 1.22. The zero-order valence-corrected chi connectivity index (χ0v) is 10.9. The summed E-state index contributed by atoms with van der Waals surface area (Å²) in [6.45, 7) is 0. The Bertz CT molecular complexity index is 694. The third-order valence-corrected chi connectivity index (χ3v) is 3.12. The summed E-state index contributed by atoms with van der Waals surface area (Å²) >= 11 is 6.46. The van der Waals surface area contributed by atoms with Crippen LogP contribution in [0.2, 0.25) is 0 Å². The Morgan fingerprint density at radius 2 is 1.81 bits per heavy atom. The van der Waals surface area contributed by atoms with Crippen molar-refractivity contribution < 1.29 is 5.11 Å². The standard InChI is InChI=1S/C10H5Br2NO3/c11-4-1-5(12)9-6(2-4)13-8(15)3-7(14)10(9)16/h1-3H,(H,13,15)(H,14,16). The van der Waals surface area contributed by atoms with Crippen LogP contribution in [0.5, 0.6) is 5.75 Å². The van der Waals surface area contributed by atoms with E-state index in [1.165, 1.54) is 0 Å². The van der Waals surface area contributed by atoms with Crippen LogP contribution in [0.4, 0.5) is 0 Å². The molecule has 82 valence electrons. The van der Waals surface area contributed by atoms with Crippen LogP contribution in [0.25, 0.3) is 10.9 Å². The van der Waals surface area contributed by atoms with E-state index in [4.69, 9.17) is 0 Å². The molecule has 2 N–H and O–H groups in total. The van der Waals surface area contributed by atoms with Gasteiger partial charge in [0.15, 0.2) is 5.75 Å². The minimum Gasteiger partial charge on any atom is -0.504 e. The Labute approximate surface area is 106 Å². The molecular weight excluding hydrogens is 342 g/mol. The molecule has 2 rings (SSSR count). The molecule has 0 unspecified atom stereocenters. The second-order valence-electron chi connectivity index (χ2n) is 3.16. The Kier molecular flexibility index (Phi) is 2.86. The SMILES string of the molecule is O=c1cc(O)c(=O)c2c(Br)cc(Br)cc2[nH]1. The lowest BCUT2D eigenvalue weighted by Crippen LogP contribution is -1.98. The van der Waals surface area contributed by atoms with Gasteiger partial charge in [0.25, 0.3) is 5.56 Å². The smallest absolute Gasteiger partial charge is 0.252 e. The molecular formula is C10H5Br2NO3. The van der Waals surface area contributed by atoms with E-state index in [-0.39, 0.29) is 5.39 Å². The van der Waals surface area contributed by atoms with Gasteiger partial charge in [0.1, 0.15) is 0 Å². The van der Waals surface area contributed by atoms with Crippen LogP contribution in [0.1, 0.15) is 0 Å². The van der Waals surface area contributed by atoms with Gasteiger partial charge in [-0.1, -0.05) is 15.9 Å². The van der Waals surface area contributed by atoms with Gasteiger partial charge in [0, 0.05) is 15.0 Å². The molecule has 0 radical (unpaired) electrons. The highest BCUT2D eigenvalue weighted by Gasteiger charge is 2.08. The fraction of sp³-hybridized carbons (Fsp3) is 0. The van der Waals surface area contributed by atoms with Gasteiger partial charge < -0.3 is 10.1 Å². The van der Waals surface area contributed by atoms with Crippen molar-refractivity contribution in [2.75, 3.05) is 0 Å². The molecule has 16 heavy (non-hydrogen) atoms. The van der Waals surface area contributed by atoms with Gasteiger partial charge in [0.05, 0.1) is 10.9 Å². The van der Waals surface area contributed by atoms with E-state index in [1.807, 2.05) is 0 Å². The van der Waals surface area contributed by atoms with Crippen molar-refractivity contribution in [3.8, 4) is 5.75 Å². The van der Waals surface area contributed by atoms with Crippen LogP contribution in [-0.4, -0.2) is 10.1 Å². The molecule has 0 aliphatic rings. The normalized spacial score (nSPS) is 10.6. The summed E-state index contributed by atoms with van der Waals surface area (Å²) in [6.07, 6.45) is 0. The van der Waals surface area contributed by atoms with Gasteiger partial charge in [-0.15, -0.1) is 0 Å². The molecule has 4 nitrogen and oxygen atoms in total. The molecule has 0 fully saturated rings. The molecule has 1 aromatic heterocycles. The lowest BCUT2D eigenvalue weighted by atomic mass is 10.2. The maximum Gasteiger partial charge on any atom is 0.252 e. The summed E-state index contributed by atoms with van der Waals surface area (Å²) in [6, 6.07) is 4.13. The number of halogens is 2. The first-order valence-electron chi connectivity index (χ1n) is 4.24. The van der Waals surface area contributed by atoms with Gasteiger partial charge in [-0.3, -0.25) is 9.59 Å². The lowest BCUT2D eigenvalue weighted by molar-refractivity contribution is 0.471. The van der Waals surface area contributed by atoms with Gasteiger partial charge in [0.2, 0.25) is 5.43 Å². The maximum absolute atomic E-state index is 11.8. The first-order valence-corrected chi connectivity index (χ1v) is 5.83. The van der Waals surface area contributed by atoms with Crippen LogP contribution in [0.15, 0.2) is 36.7 Å². The van der Waals surface area contributed by atoms with Crippen molar-refractivity contribution in [3.63, 3.8) is 0 Å². The lowest BCUT2D eigenvalue weighted by Gasteiger charge is -1.97. The van der Waals surface area contributed by atoms with Crippen molar-refractivity contribution >= 4 is 42.8 Å². The number of aromatic nitrogens is 1. The molecule has 0 saturated carbocycles. The first-order chi connectivity index (χ1) is 7.49. The Balaban J connectivity index is 3.19. The summed E-state index contributed by atoms with van der Waals surface area (Å²) in [5, 5.41) is 9.63. The number of fused-ring (bicyclic) bond motifs is 1. The van der Waals surface area contributed by atoms with Crippen molar-refractivity contribution in [3.05, 3.63) is 47.7 Å². The predicted molar refractivity (Wildman–Crippen MR) is 67.9 cm³/mol. The average molecular weight is 347 g/mol. The minimum absolute atomic E-state index is 0.239. The summed E-state index contributed by atoms with van der Waals surface area (Å²) in [4.78, 5) is 25.6. The number of rotatable bonds is 0. The highest BCUT2D eigenvalue weighted by atomic mass is 79.9. The molecule has 2 aromatic rings. The predicted octanol–water partition coefficient (Wildman–Crippen LogP) is 2.12. The molecule has 0 aliphatic carbocycles. The molecule has 1 aromatic carbocycles.